The highest BCUT2D eigenvalue weighted by Gasteiger charge is 2.10. The Morgan fingerprint density at radius 1 is 0.957 bits per heavy atom. The van der Waals surface area contributed by atoms with Crippen LogP contribution >= 0.6 is 11.6 Å². The number of aromatic nitrogens is 1. The second-order valence-corrected chi connectivity index (χ2v) is 5.64. The Morgan fingerprint density at radius 3 is 2.48 bits per heavy atom. The minimum Gasteiger partial charge on any atom is -0.481 e. The number of benzene rings is 2. The van der Waals surface area contributed by atoms with Crippen molar-refractivity contribution in [3.8, 4) is 22.3 Å². The number of carboxylic acids is 1. The summed E-state index contributed by atoms with van der Waals surface area (Å²) in [5.41, 5.74) is 4.56. The number of carboxylic acid groups (broad SMARTS) is 1. The molecule has 0 radical (unpaired) electrons. The zero-order valence-corrected chi connectivity index (χ0v) is 13.0. The van der Waals surface area contributed by atoms with Gasteiger partial charge in [0.25, 0.3) is 0 Å². The average molecular weight is 324 g/mol. The van der Waals surface area contributed by atoms with Gasteiger partial charge < -0.3 is 5.11 Å². The van der Waals surface area contributed by atoms with Crippen molar-refractivity contribution in [1.82, 2.24) is 4.98 Å². The Bertz CT molecular complexity index is 847. The first-order valence-electron chi connectivity index (χ1n) is 7.14. The molecule has 0 aliphatic heterocycles. The molecule has 1 aromatic heterocycles. The molecule has 0 aliphatic carbocycles. The van der Waals surface area contributed by atoms with Crippen molar-refractivity contribution < 1.29 is 9.90 Å². The standard InChI is InChI=1S/C19H14ClNO2/c20-16-6-7-17(18(10-16)14-4-2-1-3-5-14)15-8-13(9-19(22)23)11-21-12-15/h1-8,10-12H,9H2,(H,22,23). The van der Waals surface area contributed by atoms with E-state index in [4.69, 9.17) is 16.7 Å². The summed E-state index contributed by atoms with van der Waals surface area (Å²) in [5.74, 6) is -0.872. The van der Waals surface area contributed by atoms with Gasteiger partial charge >= 0.3 is 5.97 Å². The maximum Gasteiger partial charge on any atom is 0.307 e. The molecular formula is C19H14ClNO2. The van der Waals surface area contributed by atoms with E-state index in [0.717, 1.165) is 22.3 Å². The molecule has 0 unspecified atom stereocenters. The highest BCUT2D eigenvalue weighted by molar-refractivity contribution is 6.31. The Kier molecular flexibility index (Phi) is 4.40. The van der Waals surface area contributed by atoms with Crippen LogP contribution in [0.4, 0.5) is 0 Å². The average Bonchev–Trinajstić information content (AvgIpc) is 2.55. The Labute approximate surface area is 139 Å². The lowest BCUT2D eigenvalue weighted by atomic mass is 9.94. The lowest BCUT2D eigenvalue weighted by Gasteiger charge is -2.11. The molecule has 0 saturated carbocycles. The smallest absolute Gasteiger partial charge is 0.307 e. The number of aliphatic carboxylic acids is 1. The molecule has 23 heavy (non-hydrogen) atoms. The molecule has 0 amide bonds. The Hall–Kier alpha value is -2.65. The van der Waals surface area contributed by atoms with Crippen molar-refractivity contribution in [1.29, 1.82) is 0 Å². The van der Waals surface area contributed by atoms with Gasteiger partial charge in [-0.05, 0) is 40.5 Å². The normalized spacial score (nSPS) is 10.5. The second-order valence-electron chi connectivity index (χ2n) is 5.21. The van der Waals surface area contributed by atoms with E-state index in [2.05, 4.69) is 4.98 Å². The highest BCUT2D eigenvalue weighted by atomic mass is 35.5. The summed E-state index contributed by atoms with van der Waals surface area (Å²) in [4.78, 5) is 15.1. The number of carbonyl (C=O) groups is 1. The van der Waals surface area contributed by atoms with E-state index in [-0.39, 0.29) is 6.42 Å². The van der Waals surface area contributed by atoms with Crippen LogP contribution in [0, 0.1) is 0 Å². The van der Waals surface area contributed by atoms with Gasteiger partial charge in [-0.2, -0.15) is 0 Å². The van der Waals surface area contributed by atoms with Crippen LogP contribution in [0.3, 0.4) is 0 Å². The molecule has 3 rings (SSSR count). The van der Waals surface area contributed by atoms with Gasteiger partial charge in [-0.25, -0.2) is 0 Å². The summed E-state index contributed by atoms with van der Waals surface area (Å²) >= 11 is 6.16. The van der Waals surface area contributed by atoms with Gasteiger partial charge in [-0.3, -0.25) is 9.78 Å². The summed E-state index contributed by atoms with van der Waals surface area (Å²) in [6, 6.07) is 17.5. The summed E-state index contributed by atoms with van der Waals surface area (Å²) < 4.78 is 0. The van der Waals surface area contributed by atoms with E-state index in [0.29, 0.717) is 10.6 Å². The molecule has 0 fully saturated rings. The highest BCUT2D eigenvalue weighted by Crippen LogP contribution is 2.34. The molecule has 0 spiro atoms. The van der Waals surface area contributed by atoms with Crippen molar-refractivity contribution in [3.63, 3.8) is 0 Å². The zero-order chi connectivity index (χ0) is 16.2. The maximum absolute atomic E-state index is 10.9. The van der Waals surface area contributed by atoms with Crippen molar-refractivity contribution in [3.05, 3.63) is 77.6 Å². The maximum atomic E-state index is 10.9. The molecule has 1 N–H and O–H groups in total. The molecule has 114 valence electrons. The SMILES string of the molecule is O=C(O)Cc1cncc(-c2ccc(Cl)cc2-c2ccccc2)c1. The third kappa shape index (κ3) is 3.58. The molecule has 0 saturated heterocycles. The van der Waals surface area contributed by atoms with Crippen LogP contribution in [0.25, 0.3) is 22.3 Å². The lowest BCUT2D eigenvalue weighted by Crippen LogP contribution is -2.00. The fourth-order valence-corrected chi connectivity index (χ4v) is 2.70. The largest absolute Gasteiger partial charge is 0.481 e. The van der Waals surface area contributed by atoms with Crippen LogP contribution in [0.1, 0.15) is 5.56 Å². The van der Waals surface area contributed by atoms with E-state index in [9.17, 15) is 4.79 Å². The van der Waals surface area contributed by atoms with Gasteiger partial charge in [0, 0.05) is 23.0 Å². The van der Waals surface area contributed by atoms with E-state index in [1.54, 1.807) is 12.4 Å². The molecule has 2 aromatic carbocycles. The molecule has 0 atom stereocenters. The monoisotopic (exact) mass is 323 g/mol. The third-order valence-electron chi connectivity index (χ3n) is 3.53. The van der Waals surface area contributed by atoms with Gasteiger partial charge in [-0.15, -0.1) is 0 Å². The van der Waals surface area contributed by atoms with Gasteiger partial charge in [0.15, 0.2) is 0 Å². The van der Waals surface area contributed by atoms with Crippen molar-refractivity contribution in [2.45, 2.75) is 6.42 Å². The first-order valence-corrected chi connectivity index (χ1v) is 7.52. The van der Waals surface area contributed by atoms with Crippen molar-refractivity contribution in [2.24, 2.45) is 0 Å². The predicted molar refractivity (Wildman–Crippen MR) is 91.5 cm³/mol. The summed E-state index contributed by atoms with van der Waals surface area (Å²) in [6.07, 6.45) is 3.27. The predicted octanol–water partition coefficient (Wildman–Crippen LogP) is 4.70. The van der Waals surface area contributed by atoms with E-state index < -0.39 is 5.97 Å². The first kappa shape index (κ1) is 15.3. The van der Waals surface area contributed by atoms with Crippen LogP contribution in [0.15, 0.2) is 67.0 Å². The fourth-order valence-electron chi connectivity index (χ4n) is 2.53. The fraction of sp³-hybridized carbons (Fsp3) is 0.0526. The summed E-state index contributed by atoms with van der Waals surface area (Å²) in [5, 5.41) is 9.61. The number of pyridine rings is 1. The van der Waals surface area contributed by atoms with E-state index in [1.807, 2.05) is 54.6 Å². The van der Waals surface area contributed by atoms with Crippen molar-refractivity contribution >= 4 is 17.6 Å². The molecular weight excluding hydrogens is 310 g/mol. The number of hydrogen-bond acceptors (Lipinski definition) is 2. The molecule has 4 heteroatoms. The number of halogens is 1. The zero-order valence-electron chi connectivity index (χ0n) is 12.2. The number of rotatable bonds is 4. The minimum atomic E-state index is -0.872. The molecule has 3 nitrogen and oxygen atoms in total. The van der Waals surface area contributed by atoms with Gasteiger partial charge in [0.05, 0.1) is 6.42 Å². The summed E-state index contributed by atoms with van der Waals surface area (Å²) in [6.45, 7) is 0. The summed E-state index contributed by atoms with van der Waals surface area (Å²) in [7, 11) is 0. The van der Waals surface area contributed by atoms with E-state index >= 15 is 0 Å². The van der Waals surface area contributed by atoms with Crippen LogP contribution in [-0.4, -0.2) is 16.1 Å². The van der Waals surface area contributed by atoms with Crippen molar-refractivity contribution in [2.75, 3.05) is 0 Å². The quantitative estimate of drug-likeness (QED) is 0.757. The van der Waals surface area contributed by atoms with Crippen LogP contribution in [-0.2, 0) is 11.2 Å². The van der Waals surface area contributed by atoms with E-state index in [1.165, 1.54) is 0 Å². The minimum absolute atomic E-state index is 0.0465. The third-order valence-corrected chi connectivity index (χ3v) is 3.76. The van der Waals surface area contributed by atoms with Crippen LogP contribution < -0.4 is 0 Å². The number of hydrogen-bond donors (Lipinski definition) is 1. The molecule has 1 heterocycles. The van der Waals surface area contributed by atoms with Gasteiger partial charge in [-0.1, -0.05) is 48.0 Å². The van der Waals surface area contributed by atoms with Gasteiger partial charge in [0.2, 0.25) is 0 Å². The topological polar surface area (TPSA) is 50.2 Å². The Morgan fingerprint density at radius 2 is 1.74 bits per heavy atom. The first-order chi connectivity index (χ1) is 11.1. The molecule has 0 bridgehead atoms. The number of nitrogens with zero attached hydrogens (tertiary/aromatic N) is 1. The molecule has 0 aliphatic rings. The lowest BCUT2D eigenvalue weighted by molar-refractivity contribution is -0.136. The molecule has 3 aromatic rings. The van der Waals surface area contributed by atoms with Crippen LogP contribution in [0.2, 0.25) is 5.02 Å². The Balaban J connectivity index is 2.12. The van der Waals surface area contributed by atoms with Gasteiger partial charge in [0.1, 0.15) is 0 Å². The second kappa shape index (κ2) is 6.63. The van der Waals surface area contributed by atoms with Crippen LogP contribution in [0.5, 0.6) is 0 Å².